The van der Waals surface area contributed by atoms with Gasteiger partial charge >= 0.3 is 0 Å². The van der Waals surface area contributed by atoms with Crippen molar-refractivity contribution in [3.8, 4) is 5.75 Å². The van der Waals surface area contributed by atoms with Gasteiger partial charge in [-0.15, -0.1) is 0 Å². The Morgan fingerprint density at radius 1 is 1.36 bits per heavy atom. The third kappa shape index (κ3) is 2.69. The molecule has 0 amide bonds. The molecule has 0 aliphatic rings. The second kappa shape index (κ2) is 4.56. The number of carbonyl (C=O) groups excluding carboxylic acids is 2. The highest BCUT2D eigenvalue weighted by molar-refractivity contribution is 6.07. The van der Waals surface area contributed by atoms with Gasteiger partial charge in [0.25, 0.3) is 0 Å². The Morgan fingerprint density at radius 2 is 2.07 bits per heavy atom. The molecule has 0 unspecified atom stereocenters. The first kappa shape index (κ1) is 10.4. The average Bonchev–Trinajstić information content (AvgIpc) is 2.17. The summed E-state index contributed by atoms with van der Waals surface area (Å²) < 4.78 is 4.97. The van der Waals surface area contributed by atoms with Crippen LogP contribution in [0.5, 0.6) is 5.75 Å². The summed E-state index contributed by atoms with van der Waals surface area (Å²) in [6.45, 7) is 1.40. The molecule has 0 spiro atoms. The standard InChI is InChI=1S/C11H12O3/c1-8(12)6-11(13)9-4-3-5-10(7-9)14-2/h3-5,7H,6H2,1-2H3. The smallest absolute Gasteiger partial charge is 0.170 e. The first-order chi connectivity index (χ1) is 6.63. The van der Waals surface area contributed by atoms with Crippen molar-refractivity contribution in [2.45, 2.75) is 13.3 Å². The van der Waals surface area contributed by atoms with Crippen molar-refractivity contribution in [1.82, 2.24) is 0 Å². The Labute approximate surface area is 82.7 Å². The van der Waals surface area contributed by atoms with Crippen LogP contribution in [-0.2, 0) is 4.79 Å². The fraction of sp³-hybridized carbons (Fsp3) is 0.273. The molecule has 14 heavy (non-hydrogen) atoms. The molecular formula is C11H12O3. The molecule has 0 saturated carbocycles. The molecular weight excluding hydrogens is 180 g/mol. The van der Waals surface area contributed by atoms with Gasteiger partial charge in [-0.2, -0.15) is 0 Å². The zero-order valence-electron chi connectivity index (χ0n) is 8.24. The molecule has 0 atom stereocenters. The maximum Gasteiger partial charge on any atom is 0.170 e. The van der Waals surface area contributed by atoms with Crippen molar-refractivity contribution in [2.75, 3.05) is 7.11 Å². The number of benzene rings is 1. The molecule has 0 bridgehead atoms. The minimum Gasteiger partial charge on any atom is -0.497 e. The minimum absolute atomic E-state index is 0.0484. The Hall–Kier alpha value is -1.64. The van der Waals surface area contributed by atoms with Crippen LogP contribution in [0.4, 0.5) is 0 Å². The predicted molar refractivity (Wildman–Crippen MR) is 52.6 cm³/mol. The second-order valence-corrected chi connectivity index (χ2v) is 3.03. The SMILES string of the molecule is COc1cccc(C(=O)CC(C)=O)c1. The monoisotopic (exact) mass is 192 g/mol. The molecule has 0 fully saturated rings. The Balaban J connectivity index is 2.84. The number of Topliss-reactive ketones (excluding diaryl/α,β-unsaturated/α-hetero) is 2. The fourth-order valence-electron chi connectivity index (χ4n) is 1.12. The van der Waals surface area contributed by atoms with E-state index < -0.39 is 0 Å². The number of hydrogen-bond donors (Lipinski definition) is 0. The van der Waals surface area contributed by atoms with E-state index in [1.54, 1.807) is 24.3 Å². The number of methoxy groups -OCH3 is 1. The maximum absolute atomic E-state index is 11.4. The molecule has 3 nitrogen and oxygen atoms in total. The first-order valence-corrected chi connectivity index (χ1v) is 4.30. The van der Waals surface area contributed by atoms with Crippen LogP contribution >= 0.6 is 0 Å². The van der Waals surface area contributed by atoms with Gasteiger partial charge < -0.3 is 4.74 Å². The van der Waals surface area contributed by atoms with Gasteiger partial charge in [0.1, 0.15) is 11.5 Å². The largest absolute Gasteiger partial charge is 0.497 e. The van der Waals surface area contributed by atoms with Crippen molar-refractivity contribution < 1.29 is 14.3 Å². The normalized spacial score (nSPS) is 9.57. The number of carbonyl (C=O) groups is 2. The second-order valence-electron chi connectivity index (χ2n) is 3.03. The summed E-state index contributed by atoms with van der Waals surface area (Å²) >= 11 is 0. The van der Waals surface area contributed by atoms with Crippen LogP contribution < -0.4 is 4.74 Å². The van der Waals surface area contributed by atoms with Gasteiger partial charge in [-0.3, -0.25) is 9.59 Å². The highest BCUT2D eigenvalue weighted by atomic mass is 16.5. The fourth-order valence-corrected chi connectivity index (χ4v) is 1.12. The zero-order chi connectivity index (χ0) is 10.6. The van der Waals surface area contributed by atoms with E-state index in [1.165, 1.54) is 14.0 Å². The lowest BCUT2D eigenvalue weighted by Crippen LogP contribution is -2.04. The number of ether oxygens (including phenoxy) is 1. The summed E-state index contributed by atoms with van der Waals surface area (Å²) in [5.41, 5.74) is 0.513. The number of ketones is 2. The molecule has 0 aliphatic carbocycles. The van der Waals surface area contributed by atoms with Gasteiger partial charge in [-0.1, -0.05) is 12.1 Å². The van der Waals surface area contributed by atoms with Crippen molar-refractivity contribution in [1.29, 1.82) is 0 Å². The predicted octanol–water partition coefficient (Wildman–Crippen LogP) is 1.86. The summed E-state index contributed by atoms with van der Waals surface area (Å²) in [4.78, 5) is 22.2. The maximum atomic E-state index is 11.4. The van der Waals surface area contributed by atoms with Crippen LogP contribution in [-0.4, -0.2) is 18.7 Å². The zero-order valence-corrected chi connectivity index (χ0v) is 8.24. The van der Waals surface area contributed by atoms with Crippen LogP contribution in [0, 0.1) is 0 Å². The molecule has 0 heterocycles. The van der Waals surface area contributed by atoms with E-state index in [0.717, 1.165) is 0 Å². The number of hydrogen-bond acceptors (Lipinski definition) is 3. The lowest BCUT2D eigenvalue weighted by atomic mass is 10.1. The van der Waals surface area contributed by atoms with Gasteiger partial charge in [-0.25, -0.2) is 0 Å². The molecule has 0 aromatic heterocycles. The summed E-state index contributed by atoms with van der Waals surface area (Å²) in [6.07, 6.45) is -0.0484. The van der Waals surface area contributed by atoms with E-state index in [1.807, 2.05) is 0 Å². The molecule has 0 N–H and O–H groups in total. The molecule has 0 aliphatic heterocycles. The summed E-state index contributed by atoms with van der Waals surface area (Å²) in [7, 11) is 1.54. The molecule has 0 radical (unpaired) electrons. The van der Waals surface area contributed by atoms with Crippen LogP contribution in [0.3, 0.4) is 0 Å². The third-order valence-corrected chi connectivity index (χ3v) is 1.80. The van der Waals surface area contributed by atoms with Gasteiger partial charge in [0.15, 0.2) is 5.78 Å². The Kier molecular flexibility index (Phi) is 3.40. The van der Waals surface area contributed by atoms with E-state index in [9.17, 15) is 9.59 Å². The van der Waals surface area contributed by atoms with Crippen LogP contribution in [0.2, 0.25) is 0 Å². The summed E-state index contributed by atoms with van der Waals surface area (Å²) in [5.74, 6) is 0.327. The molecule has 1 rings (SSSR count). The first-order valence-electron chi connectivity index (χ1n) is 4.30. The molecule has 1 aromatic carbocycles. The number of rotatable bonds is 4. The van der Waals surface area contributed by atoms with Gasteiger partial charge in [0, 0.05) is 5.56 Å². The van der Waals surface area contributed by atoms with E-state index in [4.69, 9.17) is 4.74 Å². The summed E-state index contributed by atoms with van der Waals surface area (Å²) in [5, 5.41) is 0. The molecule has 3 heteroatoms. The lowest BCUT2D eigenvalue weighted by molar-refractivity contribution is -0.116. The third-order valence-electron chi connectivity index (χ3n) is 1.80. The summed E-state index contributed by atoms with van der Waals surface area (Å²) in [6, 6.07) is 6.79. The van der Waals surface area contributed by atoms with Crippen molar-refractivity contribution in [3.05, 3.63) is 29.8 Å². The van der Waals surface area contributed by atoms with E-state index in [0.29, 0.717) is 11.3 Å². The lowest BCUT2D eigenvalue weighted by Gasteiger charge is -2.02. The van der Waals surface area contributed by atoms with E-state index in [-0.39, 0.29) is 18.0 Å². The van der Waals surface area contributed by atoms with Crippen LogP contribution in [0.15, 0.2) is 24.3 Å². The van der Waals surface area contributed by atoms with Crippen molar-refractivity contribution in [2.24, 2.45) is 0 Å². The quantitative estimate of drug-likeness (QED) is 0.540. The molecule has 0 saturated heterocycles. The minimum atomic E-state index is -0.170. The van der Waals surface area contributed by atoms with E-state index >= 15 is 0 Å². The van der Waals surface area contributed by atoms with Crippen LogP contribution in [0.1, 0.15) is 23.7 Å². The Bertz CT molecular complexity index is 355. The topological polar surface area (TPSA) is 43.4 Å². The van der Waals surface area contributed by atoms with Gasteiger partial charge in [0.05, 0.1) is 13.5 Å². The molecule has 1 aromatic rings. The Morgan fingerprint density at radius 3 is 2.64 bits per heavy atom. The highest BCUT2D eigenvalue weighted by Crippen LogP contribution is 2.13. The molecule has 74 valence electrons. The highest BCUT2D eigenvalue weighted by Gasteiger charge is 2.08. The van der Waals surface area contributed by atoms with Crippen LogP contribution in [0.25, 0.3) is 0 Å². The van der Waals surface area contributed by atoms with Gasteiger partial charge in [0.2, 0.25) is 0 Å². The average molecular weight is 192 g/mol. The van der Waals surface area contributed by atoms with Gasteiger partial charge in [-0.05, 0) is 19.1 Å². The van der Waals surface area contributed by atoms with Crippen molar-refractivity contribution >= 4 is 11.6 Å². The van der Waals surface area contributed by atoms with E-state index in [2.05, 4.69) is 0 Å². The van der Waals surface area contributed by atoms with Crippen molar-refractivity contribution in [3.63, 3.8) is 0 Å².